The van der Waals surface area contributed by atoms with Crippen molar-refractivity contribution in [2.24, 2.45) is 5.73 Å². The van der Waals surface area contributed by atoms with Gasteiger partial charge in [0, 0.05) is 25.1 Å². The van der Waals surface area contributed by atoms with Crippen LogP contribution in [0.4, 0.5) is 0 Å². The van der Waals surface area contributed by atoms with Crippen molar-refractivity contribution in [2.75, 3.05) is 0 Å². The van der Waals surface area contributed by atoms with Crippen LogP contribution in [0.25, 0.3) is 11.4 Å². The first-order valence-electron chi connectivity index (χ1n) is 6.60. The van der Waals surface area contributed by atoms with Crippen LogP contribution in [-0.4, -0.2) is 14.8 Å². The van der Waals surface area contributed by atoms with Gasteiger partial charge in [-0.3, -0.25) is 0 Å². The van der Waals surface area contributed by atoms with Gasteiger partial charge in [-0.2, -0.15) is 0 Å². The standard InChI is InChI=1S/C14H18N4/c15-10-11-5-4-6-12(9-11)14-17-16-13-7-2-1-3-8-18(13)14/h4-6,9H,1-3,7-8,10,15H2. The van der Waals surface area contributed by atoms with E-state index in [0.29, 0.717) is 6.54 Å². The molecular weight excluding hydrogens is 224 g/mol. The number of nitrogens with two attached hydrogens (primary N) is 1. The van der Waals surface area contributed by atoms with Crippen LogP contribution in [0.1, 0.15) is 30.7 Å². The summed E-state index contributed by atoms with van der Waals surface area (Å²) in [7, 11) is 0. The average Bonchev–Trinajstić information content (AvgIpc) is 2.68. The van der Waals surface area contributed by atoms with Crippen molar-refractivity contribution in [1.29, 1.82) is 0 Å². The third-order valence-corrected chi connectivity index (χ3v) is 3.53. The Bertz CT molecular complexity index is 544. The summed E-state index contributed by atoms with van der Waals surface area (Å²) < 4.78 is 2.27. The summed E-state index contributed by atoms with van der Waals surface area (Å²) in [4.78, 5) is 0. The largest absolute Gasteiger partial charge is 0.326 e. The predicted octanol–water partition coefficient (Wildman–Crippen LogP) is 2.13. The second-order valence-corrected chi connectivity index (χ2v) is 4.81. The van der Waals surface area contributed by atoms with Gasteiger partial charge in [-0.15, -0.1) is 10.2 Å². The quantitative estimate of drug-likeness (QED) is 0.877. The molecule has 0 unspecified atom stereocenters. The second kappa shape index (κ2) is 4.90. The highest BCUT2D eigenvalue weighted by atomic mass is 15.3. The molecule has 0 saturated heterocycles. The molecule has 4 nitrogen and oxygen atoms in total. The molecule has 1 aromatic heterocycles. The van der Waals surface area contributed by atoms with Crippen LogP contribution < -0.4 is 5.73 Å². The van der Waals surface area contributed by atoms with Gasteiger partial charge in [0.05, 0.1) is 0 Å². The van der Waals surface area contributed by atoms with E-state index in [2.05, 4.69) is 26.9 Å². The van der Waals surface area contributed by atoms with Crippen molar-refractivity contribution in [3.8, 4) is 11.4 Å². The Labute approximate surface area is 107 Å². The lowest BCUT2D eigenvalue weighted by molar-refractivity contribution is 0.636. The van der Waals surface area contributed by atoms with Gasteiger partial charge >= 0.3 is 0 Å². The van der Waals surface area contributed by atoms with Gasteiger partial charge in [0.15, 0.2) is 5.82 Å². The summed E-state index contributed by atoms with van der Waals surface area (Å²) >= 11 is 0. The molecule has 3 rings (SSSR count). The molecule has 0 spiro atoms. The summed E-state index contributed by atoms with van der Waals surface area (Å²) in [5, 5.41) is 8.69. The number of nitrogens with zero attached hydrogens (tertiary/aromatic N) is 3. The molecule has 2 aromatic rings. The maximum atomic E-state index is 5.69. The van der Waals surface area contributed by atoms with E-state index >= 15 is 0 Å². The van der Waals surface area contributed by atoms with Crippen LogP contribution in [-0.2, 0) is 19.5 Å². The van der Waals surface area contributed by atoms with Crippen LogP contribution in [0.15, 0.2) is 24.3 Å². The van der Waals surface area contributed by atoms with Crippen molar-refractivity contribution in [3.63, 3.8) is 0 Å². The maximum absolute atomic E-state index is 5.69. The van der Waals surface area contributed by atoms with Crippen molar-refractivity contribution >= 4 is 0 Å². The van der Waals surface area contributed by atoms with E-state index in [1.807, 2.05) is 12.1 Å². The van der Waals surface area contributed by atoms with Gasteiger partial charge in [0.1, 0.15) is 5.82 Å². The Kier molecular flexibility index (Phi) is 3.11. The molecule has 0 fully saturated rings. The Morgan fingerprint density at radius 1 is 1.17 bits per heavy atom. The molecule has 0 atom stereocenters. The third kappa shape index (κ3) is 2.04. The monoisotopic (exact) mass is 242 g/mol. The van der Waals surface area contributed by atoms with Crippen molar-refractivity contribution in [3.05, 3.63) is 35.7 Å². The number of hydrogen-bond acceptors (Lipinski definition) is 3. The van der Waals surface area contributed by atoms with E-state index in [9.17, 15) is 0 Å². The molecular formula is C14H18N4. The first-order valence-corrected chi connectivity index (χ1v) is 6.60. The molecule has 0 bridgehead atoms. The minimum atomic E-state index is 0.564. The fourth-order valence-corrected chi connectivity index (χ4v) is 2.54. The van der Waals surface area contributed by atoms with Crippen LogP contribution in [0.2, 0.25) is 0 Å². The highest BCUT2D eigenvalue weighted by molar-refractivity contribution is 5.56. The number of hydrogen-bond donors (Lipinski definition) is 1. The lowest BCUT2D eigenvalue weighted by atomic mass is 10.1. The highest BCUT2D eigenvalue weighted by Gasteiger charge is 2.15. The molecule has 2 N–H and O–H groups in total. The van der Waals surface area contributed by atoms with Crippen LogP contribution in [0.5, 0.6) is 0 Å². The van der Waals surface area contributed by atoms with Gasteiger partial charge in [-0.1, -0.05) is 24.6 Å². The Morgan fingerprint density at radius 2 is 2.11 bits per heavy atom. The summed E-state index contributed by atoms with van der Waals surface area (Å²) in [5.74, 6) is 2.11. The van der Waals surface area contributed by atoms with Crippen LogP contribution in [0, 0.1) is 0 Å². The minimum absolute atomic E-state index is 0.564. The smallest absolute Gasteiger partial charge is 0.163 e. The minimum Gasteiger partial charge on any atom is -0.326 e. The number of aryl methyl sites for hydroxylation is 1. The normalized spacial score (nSPS) is 15.2. The zero-order valence-corrected chi connectivity index (χ0v) is 10.5. The SMILES string of the molecule is NCc1cccc(-c2nnc3n2CCCCC3)c1. The fraction of sp³-hybridized carbons (Fsp3) is 0.429. The van der Waals surface area contributed by atoms with Crippen molar-refractivity contribution < 1.29 is 0 Å². The summed E-state index contributed by atoms with van der Waals surface area (Å²) in [6.45, 7) is 1.60. The van der Waals surface area contributed by atoms with E-state index in [1.54, 1.807) is 0 Å². The van der Waals surface area contributed by atoms with Gasteiger partial charge < -0.3 is 10.3 Å². The molecule has 94 valence electrons. The summed E-state index contributed by atoms with van der Waals surface area (Å²) in [6, 6.07) is 8.28. The number of benzene rings is 1. The topological polar surface area (TPSA) is 56.7 Å². The van der Waals surface area contributed by atoms with Gasteiger partial charge in [-0.05, 0) is 24.5 Å². The van der Waals surface area contributed by atoms with E-state index in [-0.39, 0.29) is 0 Å². The second-order valence-electron chi connectivity index (χ2n) is 4.81. The maximum Gasteiger partial charge on any atom is 0.163 e. The number of aromatic nitrogens is 3. The van der Waals surface area contributed by atoms with Gasteiger partial charge in [-0.25, -0.2) is 0 Å². The predicted molar refractivity (Wildman–Crippen MR) is 70.9 cm³/mol. The van der Waals surface area contributed by atoms with E-state index in [1.165, 1.54) is 19.3 Å². The van der Waals surface area contributed by atoms with Crippen molar-refractivity contribution in [2.45, 2.75) is 38.8 Å². The molecule has 4 heteroatoms. The lowest BCUT2D eigenvalue weighted by Gasteiger charge is -2.07. The lowest BCUT2D eigenvalue weighted by Crippen LogP contribution is -2.03. The van der Waals surface area contributed by atoms with Gasteiger partial charge in [0.25, 0.3) is 0 Å². The van der Waals surface area contributed by atoms with Gasteiger partial charge in [0.2, 0.25) is 0 Å². The summed E-state index contributed by atoms with van der Waals surface area (Å²) in [5.41, 5.74) is 7.95. The Hall–Kier alpha value is -1.68. The molecule has 0 radical (unpaired) electrons. The van der Waals surface area contributed by atoms with Crippen molar-refractivity contribution in [1.82, 2.24) is 14.8 Å². The first kappa shape index (κ1) is 11.4. The molecule has 2 heterocycles. The molecule has 0 saturated carbocycles. The zero-order valence-electron chi connectivity index (χ0n) is 10.5. The molecule has 1 aromatic carbocycles. The molecule has 1 aliphatic rings. The molecule has 18 heavy (non-hydrogen) atoms. The third-order valence-electron chi connectivity index (χ3n) is 3.53. The summed E-state index contributed by atoms with van der Waals surface area (Å²) in [6.07, 6.45) is 4.77. The Morgan fingerprint density at radius 3 is 3.00 bits per heavy atom. The van der Waals surface area contributed by atoms with E-state index < -0.39 is 0 Å². The zero-order chi connectivity index (χ0) is 12.4. The average molecular weight is 242 g/mol. The first-order chi connectivity index (χ1) is 8.88. The highest BCUT2D eigenvalue weighted by Crippen LogP contribution is 2.23. The Balaban J connectivity index is 2.03. The van der Waals surface area contributed by atoms with Crippen LogP contribution >= 0.6 is 0 Å². The van der Waals surface area contributed by atoms with Crippen LogP contribution in [0.3, 0.4) is 0 Å². The molecule has 1 aliphatic heterocycles. The molecule has 0 aliphatic carbocycles. The fourth-order valence-electron chi connectivity index (χ4n) is 2.54. The van der Waals surface area contributed by atoms with E-state index in [0.717, 1.165) is 35.7 Å². The number of fused-ring (bicyclic) bond motifs is 1. The number of rotatable bonds is 2. The molecule has 0 amide bonds. The van der Waals surface area contributed by atoms with E-state index in [4.69, 9.17) is 5.73 Å².